The Kier molecular flexibility index (Phi) is 6.41. The van der Waals surface area contributed by atoms with Gasteiger partial charge in [0.05, 0.1) is 24.4 Å². The summed E-state index contributed by atoms with van der Waals surface area (Å²) in [7, 11) is 1.66. The topological polar surface area (TPSA) is 81.4 Å². The lowest BCUT2D eigenvalue weighted by molar-refractivity contribution is 0.0683. The third-order valence-corrected chi connectivity index (χ3v) is 5.90. The number of rotatable bonds is 8. The number of benzene rings is 1. The molecular formula is C24H29N5O3. The van der Waals surface area contributed by atoms with Gasteiger partial charge in [0.2, 0.25) is 0 Å². The number of carbonyl (C=O) groups is 2. The van der Waals surface area contributed by atoms with E-state index in [0.717, 1.165) is 17.0 Å². The van der Waals surface area contributed by atoms with Crippen LogP contribution in [0.15, 0.2) is 42.6 Å². The maximum absolute atomic E-state index is 12.9. The first-order valence-corrected chi connectivity index (χ1v) is 10.8. The summed E-state index contributed by atoms with van der Waals surface area (Å²) < 4.78 is 9.11. The molecule has 0 radical (unpaired) electrons. The highest BCUT2D eigenvalue weighted by atomic mass is 16.5. The molecule has 2 amide bonds. The Morgan fingerprint density at radius 1 is 1.19 bits per heavy atom. The van der Waals surface area contributed by atoms with E-state index in [0.29, 0.717) is 49.9 Å². The van der Waals surface area contributed by atoms with E-state index in [-0.39, 0.29) is 18.4 Å². The zero-order valence-electron chi connectivity index (χ0n) is 18.8. The van der Waals surface area contributed by atoms with E-state index < -0.39 is 0 Å². The molecule has 0 atom stereocenters. The smallest absolute Gasteiger partial charge is 0.290 e. The molecule has 8 nitrogen and oxygen atoms in total. The van der Waals surface area contributed by atoms with Crippen molar-refractivity contribution in [3.63, 3.8) is 0 Å². The number of imidazole rings is 1. The van der Waals surface area contributed by atoms with Crippen molar-refractivity contribution in [2.45, 2.75) is 40.0 Å². The van der Waals surface area contributed by atoms with Gasteiger partial charge in [-0.05, 0) is 25.5 Å². The van der Waals surface area contributed by atoms with Gasteiger partial charge in [-0.15, -0.1) is 0 Å². The molecule has 1 aromatic carbocycles. The highest BCUT2D eigenvalue weighted by Crippen LogP contribution is 2.17. The standard InChI is InChI=1S/C24H29N5O3/c1-17-13-21(18(2)29(17)11-12-32-3)23(30)25-14-20-16-27-9-10-28(24(31)22(27)26-20)15-19-7-5-4-6-8-19/h4-8,13,16H,9-12,14-15H2,1-3H3,(H,25,30). The minimum Gasteiger partial charge on any atom is -0.383 e. The lowest BCUT2D eigenvalue weighted by atomic mass is 10.2. The van der Waals surface area contributed by atoms with Crippen molar-refractivity contribution >= 4 is 11.8 Å². The zero-order valence-corrected chi connectivity index (χ0v) is 18.8. The van der Waals surface area contributed by atoms with Crippen LogP contribution in [0.1, 0.15) is 43.6 Å². The summed E-state index contributed by atoms with van der Waals surface area (Å²) in [4.78, 5) is 32.0. The van der Waals surface area contributed by atoms with Gasteiger partial charge < -0.3 is 24.1 Å². The molecule has 1 aliphatic heterocycles. The van der Waals surface area contributed by atoms with Crippen molar-refractivity contribution in [2.24, 2.45) is 0 Å². The van der Waals surface area contributed by atoms with Gasteiger partial charge in [0.1, 0.15) is 0 Å². The molecule has 1 N–H and O–H groups in total. The number of amides is 2. The summed E-state index contributed by atoms with van der Waals surface area (Å²) in [6, 6.07) is 11.8. The molecule has 168 valence electrons. The van der Waals surface area contributed by atoms with E-state index >= 15 is 0 Å². The maximum atomic E-state index is 12.9. The Hall–Kier alpha value is -3.39. The van der Waals surface area contributed by atoms with Crippen molar-refractivity contribution < 1.29 is 14.3 Å². The molecule has 0 saturated heterocycles. The molecule has 3 aromatic rings. The third-order valence-electron chi connectivity index (χ3n) is 5.90. The summed E-state index contributed by atoms with van der Waals surface area (Å²) in [5.41, 5.74) is 4.35. The summed E-state index contributed by atoms with van der Waals surface area (Å²) >= 11 is 0. The van der Waals surface area contributed by atoms with Gasteiger partial charge in [0, 0.05) is 50.9 Å². The lowest BCUT2D eigenvalue weighted by Crippen LogP contribution is -2.39. The van der Waals surface area contributed by atoms with E-state index in [4.69, 9.17) is 4.74 Å². The fourth-order valence-electron chi connectivity index (χ4n) is 4.15. The Labute approximate surface area is 187 Å². The van der Waals surface area contributed by atoms with Crippen LogP contribution in [-0.4, -0.2) is 51.1 Å². The van der Waals surface area contributed by atoms with E-state index in [1.165, 1.54) is 0 Å². The minimum absolute atomic E-state index is 0.0839. The van der Waals surface area contributed by atoms with Crippen LogP contribution in [0.2, 0.25) is 0 Å². The van der Waals surface area contributed by atoms with Gasteiger partial charge in [0.25, 0.3) is 11.8 Å². The third kappa shape index (κ3) is 4.45. The lowest BCUT2D eigenvalue weighted by Gasteiger charge is -2.27. The van der Waals surface area contributed by atoms with Gasteiger partial charge >= 0.3 is 0 Å². The van der Waals surface area contributed by atoms with Crippen molar-refractivity contribution in [3.8, 4) is 0 Å². The predicted molar refractivity (Wildman–Crippen MR) is 120 cm³/mol. The average molecular weight is 436 g/mol. The zero-order chi connectivity index (χ0) is 22.7. The Morgan fingerprint density at radius 3 is 2.72 bits per heavy atom. The highest BCUT2D eigenvalue weighted by molar-refractivity contribution is 5.95. The molecule has 1 aliphatic rings. The van der Waals surface area contributed by atoms with Crippen LogP contribution in [0, 0.1) is 13.8 Å². The normalized spacial score (nSPS) is 13.3. The molecule has 2 aromatic heterocycles. The van der Waals surface area contributed by atoms with Crippen LogP contribution >= 0.6 is 0 Å². The summed E-state index contributed by atoms with van der Waals surface area (Å²) in [6.45, 7) is 7.38. The molecule has 0 fully saturated rings. The van der Waals surface area contributed by atoms with Gasteiger partial charge in [-0.25, -0.2) is 4.98 Å². The van der Waals surface area contributed by atoms with Crippen molar-refractivity contribution in [3.05, 3.63) is 76.6 Å². The molecule has 32 heavy (non-hydrogen) atoms. The van der Waals surface area contributed by atoms with Gasteiger partial charge in [0.15, 0.2) is 5.82 Å². The van der Waals surface area contributed by atoms with Crippen LogP contribution < -0.4 is 5.32 Å². The number of carbonyl (C=O) groups excluding carboxylic acids is 2. The van der Waals surface area contributed by atoms with Crippen LogP contribution in [0.4, 0.5) is 0 Å². The van der Waals surface area contributed by atoms with Gasteiger partial charge in [-0.2, -0.15) is 0 Å². The minimum atomic E-state index is -0.148. The predicted octanol–water partition coefficient (Wildman–Crippen LogP) is 2.53. The van der Waals surface area contributed by atoms with E-state index in [9.17, 15) is 9.59 Å². The van der Waals surface area contributed by atoms with Crippen LogP contribution in [0.3, 0.4) is 0 Å². The van der Waals surface area contributed by atoms with Crippen molar-refractivity contribution in [2.75, 3.05) is 20.3 Å². The molecule has 0 saturated carbocycles. The number of nitrogens with zero attached hydrogens (tertiary/aromatic N) is 4. The summed E-state index contributed by atoms with van der Waals surface area (Å²) in [5, 5.41) is 2.94. The monoisotopic (exact) mass is 435 g/mol. The van der Waals surface area contributed by atoms with E-state index in [2.05, 4.69) is 14.9 Å². The number of aryl methyl sites for hydroxylation is 1. The molecule has 4 rings (SSSR count). The molecule has 8 heteroatoms. The molecular weight excluding hydrogens is 406 g/mol. The second kappa shape index (κ2) is 9.40. The van der Waals surface area contributed by atoms with Crippen LogP contribution in [0.5, 0.6) is 0 Å². The van der Waals surface area contributed by atoms with Crippen LogP contribution in [0.25, 0.3) is 0 Å². The molecule has 0 unspecified atom stereocenters. The summed E-state index contributed by atoms with van der Waals surface area (Å²) in [6.07, 6.45) is 1.86. The fraction of sp³-hybridized carbons (Fsp3) is 0.375. The second-order valence-electron chi connectivity index (χ2n) is 8.07. The average Bonchev–Trinajstić information content (AvgIpc) is 3.34. The maximum Gasteiger partial charge on any atom is 0.290 e. The first kappa shape index (κ1) is 21.8. The molecule has 0 bridgehead atoms. The number of hydrogen-bond donors (Lipinski definition) is 1. The Morgan fingerprint density at radius 2 is 1.97 bits per heavy atom. The number of nitrogens with one attached hydrogen (secondary N) is 1. The number of fused-ring (bicyclic) bond motifs is 1. The number of methoxy groups -OCH3 is 1. The molecule has 3 heterocycles. The Balaban J connectivity index is 1.40. The van der Waals surface area contributed by atoms with Crippen LogP contribution in [-0.2, 0) is 30.9 Å². The molecule has 0 aliphatic carbocycles. The molecule has 0 spiro atoms. The SMILES string of the molecule is COCCn1c(C)cc(C(=O)NCc2cn3c(n2)C(=O)N(Cc2ccccc2)CC3)c1C. The fourth-order valence-corrected chi connectivity index (χ4v) is 4.15. The first-order valence-electron chi connectivity index (χ1n) is 10.8. The largest absolute Gasteiger partial charge is 0.383 e. The number of hydrogen-bond acceptors (Lipinski definition) is 4. The van der Waals surface area contributed by atoms with E-state index in [1.807, 2.05) is 65.9 Å². The summed E-state index contributed by atoms with van der Waals surface area (Å²) in [5.74, 6) is 0.193. The van der Waals surface area contributed by atoms with Gasteiger partial charge in [-0.1, -0.05) is 30.3 Å². The van der Waals surface area contributed by atoms with Gasteiger partial charge in [-0.3, -0.25) is 9.59 Å². The van der Waals surface area contributed by atoms with Crippen molar-refractivity contribution in [1.29, 1.82) is 0 Å². The number of aromatic nitrogens is 3. The number of ether oxygens (including phenoxy) is 1. The highest BCUT2D eigenvalue weighted by Gasteiger charge is 2.27. The second-order valence-corrected chi connectivity index (χ2v) is 8.07. The Bertz CT molecular complexity index is 1120. The van der Waals surface area contributed by atoms with Crippen molar-refractivity contribution in [1.82, 2.24) is 24.3 Å². The van der Waals surface area contributed by atoms with E-state index in [1.54, 1.807) is 7.11 Å². The quantitative estimate of drug-likeness (QED) is 0.590. The first-order chi connectivity index (χ1) is 15.5.